The fourth-order valence-electron chi connectivity index (χ4n) is 2.15. The zero-order valence-electron chi connectivity index (χ0n) is 10.8. The summed E-state index contributed by atoms with van der Waals surface area (Å²) in [5, 5.41) is 2.71. The Balaban J connectivity index is 2.30. The number of anilines is 1. The van der Waals surface area contributed by atoms with Gasteiger partial charge in [-0.25, -0.2) is 0 Å². The number of nitrogens with zero attached hydrogens (tertiary/aromatic N) is 1. The first kappa shape index (κ1) is 12.6. The third kappa shape index (κ3) is 2.37. The minimum Gasteiger partial charge on any atom is -0.343 e. The van der Waals surface area contributed by atoms with Gasteiger partial charge in [-0.05, 0) is 30.5 Å². The van der Waals surface area contributed by atoms with E-state index in [1.165, 1.54) is 5.56 Å². The van der Waals surface area contributed by atoms with E-state index in [-0.39, 0.29) is 18.4 Å². The third-order valence-electron chi connectivity index (χ3n) is 3.24. The molecule has 1 saturated heterocycles. The number of hydrogen-bond donors (Lipinski definition) is 1. The minimum absolute atomic E-state index is 0.0228. The van der Waals surface area contributed by atoms with Gasteiger partial charge in [0.15, 0.2) is 0 Å². The van der Waals surface area contributed by atoms with Crippen molar-refractivity contribution in [3.63, 3.8) is 0 Å². The highest BCUT2D eigenvalue weighted by Gasteiger charge is 2.32. The lowest BCUT2D eigenvalue weighted by Gasteiger charge is -2.32. The summed E-state index contributed by atoms with van der Waals surface area (Å²) in [5.74, 6) is -0.117. The molecule has 1 atom stereocenters. The van der Waals surface area contributed by atoms with Crippen LogP contribution in [-0.4, -0.2) is 24.4 Å². The van der Waals surface area contributed by atoms with Crippen molar-refractivity contribution >= 4 is 17.5 Å². The van der Waals surface area contributed by atoms with Gasteiger partial charge in [-0.3, -0.25) is 9.59 Å². The second kappa shape index (κ2) is 5.21. The quantitative estimate of drug-likeness (QED) is 0.878. The third-order valence-corrected chi connectivity index (χ3v) is 3.24. The summed E-state index contributed by atoms with van der Waals surface area (Å²) < 4.78 is 0. The molecule has 1 aliphatic heterocycles. The van der Waals surface area contributed by atoms with E-state index in [0.29, 0.717) is 6.42 Å². The Morgan fingerprint density at radius 3 is 2.78 bits per heavy atom. The van der Waals surface area contributed by atoms with Crippen molar-refractivity contribution in [2.45, 2.75) is 32.7 Å². The van der Waals surface area contributed by atoms with E-state index >= 15 is 0 Å². The first-order valence-corrected chi connectivity index (χ1v) is 6.35. The van der Waals surface area contributed by atoms with Crippen molar-refractivity contribution < 1.29 is 9.59 Å². The molecule has 0 spiro atoms. The van der Waals surface area contributed by atoms with Crippen LogP contribution in [0.15, 0.2) is 24.3 Å². The molecule has 4 nitrogen and oxygen atoms in total. The minimum atomic E-state index is -0.392. The molecular formula is C14H18N2O2. The molecule has 1 fully saturated rings. The van der Waals surface area contributed by atoms with Gasteiger partial charge in [-0.2, -0.15) is 0 Å². The molecule has 1 aliphatic rings. The van der Waals surface area contributed by atoms with Gasteiger partial charge in [-0.1, -0.05) is 26.0 Å². The van der Waals surface area contributed by atoms with Gasteiger partial charge < -0.3 is 10.2 Å². The SMILES string of the molecule is CCc1cccc(N2CC(=O)NC(CC)C2=O)c1. The largest absolute Gasteiger partial charge is 0.343 e. The Morgan fingerprint density at radius 2 is 2.11 bits per heavy atom. The highest BCUT2D eigenvalue weighted by atomic mass is 16.2. The van der Waals surface area contributed by atoms with Crippen molar-refractivity contribution in [2.75, 3.05) is 11.4 Å². The summed E-state index contributed by atoms with van der Waals surface area (Å²) in [5.41, 5.74) is 1.98. The van der Waals surface area contributed by atoms with E-state index in [0.717, 1.165) is 12.1 Å². The number of carbonyl (C=O) groups is 2. The van der Waals surface area contributed by atoms with Gasteiger partial charge in [-0.15, -0.1) is 0 Å². The van der Waals surface area contributed by atoms with E-state index in [2.05, 4.69) is 12.2 Å². The zero-order valence-corrected chi connectivity index (χ0v) is 10.8. The lowest BCUT2D eigenvalue weighted by molar-refractivity contribution is -0.131. The Kier molecular flexibility index (Phi) is 3.65. The second-order valence-corrected chi connectivity index (χ2v) is 4.48. The van der Waals surface area contributed by atoms with Crippen LogP contribution in [0.1, 0.15) is 25.8 Å². The predicted molar refractivity (Wildman–Crippen MR) is 70.4 cm³/mol. The number of hydrogen-bond acceptors (Lipinski definition) is 2. The Morgan fingerprint density at radius 1 is 1.33 bits per heavy atom. The molecule has 2 rings (SSSR count). The highest BCUT2D eigenvalue weighted by molar-refractivity contribution is 6.06. The fraction of sp³-hybridized carbons (Fsp3) is 0.429. The van der Waals surface area contributed by atoms with Gasteiger partial charge in [0.1, 0.15) is 12.6 Å². The molecule has 1 unspecified atom stereocenters. The number of carbonyl (C=O) groups excluding carboxylic acids is 2. The lowest BCUT2D eigenvalue weighted by Crippen LogP contribution is -2.58. The normalized spacial score (nSPS) is 19.9. The summed E-state index contributed by atoms with van der Waals surface area (Å²) in [6.45, 7) is 4.08. The van der Waals surface area contributed by atoms with Crippen LogP contribution >= 0.6 is 0 Å². The number of nitrogens with one attached hydrogen (secondary N) is 1. The van der Waals surface area contributed by atoms with Crippen molar-refractivity contribution in [3.05, 3.63) is 29.8 Å². The van der Waals surface area contributed by atoms with Gasteiger partial charge in [0.25, 0.3) is 0 Å². The number of amides is 2. The average Bonchev–Trinajstić information content (AvgIpc) is 2.41. The van der Waals surface area contributed by atoms with Crippen LogP contribution in [-0.2, 0) is 16.0 Å². The van der Waals surface area contributed by atoms with Gasteiger partial charge in [0.2, 0.25) is 11.8 Å². The van der Waals surface area contributed by atoms with Crippen molar-refractivity contribution in [1.82, 2.24) is 5.32 Å². The molecule has 0 aromatic heterocycles. The van der Waals surface area contributed by atoms with Gasteiger partial charge in [0, 0.05) is 5.69 Å². The highest BCUT2D eigenvalue weighted by Crippen LogP contribution is 2.20. The van der Waals surface area contributed by atoms with Crippen LogP contribution in [0, 0.1) is 0 Å². The summed E-state index contributed by atoms with van der Waals surface area (Å²) in [4.78, 5) is 25.4. The Labute approximate surface area is 107 Å². The molecule has 18 heavy (non-hydrogen) atoms. The number of rotatable bonds is 3. The molecule has 0 bridgehead atoms. The molecule has 2 amide bonds. The van der Waals surface area contributed by atoms with Crippen LogP contribution < -0.4 is 10.2 Å². The van der Waals surface area contributed by atoms with E-state index in [4.69, 9.17) is 0 Å². The van der Waals surface area contributed by atoms with Crippen LogP contribution in [0.5, 0.6) is 0 Å². The molecule has 4 heteroatoms. The molecule has 0 radical (unpaired) electrons. The number of aryl methyl sites for hydroxylation is 1. The average molecular weight is 246 g/mol. The predicted octanol–water partition coefficient (Wildman–Crippen LogP) is 1.49. The summed E-state index contributed by atoms with van der Waals surface area (Å²) in [7, 11) is 0. The number of piperazine rings is 1. The summed E-state index contributed by atoms with van der Waals surface area (Å²) in [6.07, 6.45) is 1.54. The lowest BCUT2D eigenvalue weighted by atomic mass is 10.1. The Hall–Kier alpha value is -1.84. The molecule has 0 aliphatic carbocycles. The Bertz CT molecular complexity index is 471. The standard InChI is InChI=1S/C14H18N2O2/c1-3-10-6-5-7-11(8-10)16-9-13(17)15-12(4-2)14(16)18/h5-8,12H,3-4,9H2,1-2H3,(H,15,17). The van der Waals surface area contributed by atoms with Crippen molar-refractivity contribution in [1.29, 1.82) is 0 Å². The van der Waals surface area contributed by atoms with Gasteiger partial charge >= 0.3 is 0 Å². The molecule has 1 heterocycles. The van der Waals surface area contributed by atoms with Gasteiger partial charge in [0.05, 0.1) is 0 Å². The fourth-order valence-corrected chi connectivity index (χ4v) is 2.15. The number of benzene rings is 1. The van der Waals surface area contributed by atoms with E-state index in [9.17, 15) is 9.59 Å². The van der Waals surface area contributed by atoms with E-state index in [1.807, 2.05) is 31.2 Å². The molecule has 96 valence electrons. The van der Waals surface area contributed by atoms with Crippen LogP contribution in [0.2, 0.25) is 0 Å². The maximum atomic E-state index is 12.2. The van der Waals surface area contributed by atoms with E-state index in [1.54, 1.807) is 4.90 Å². The van der Waals surface area contributed by atoms with Crippen molar-refractivity contribution in [2.24, 2.45) is 0 Å². The van der Waals surface area contributed by atoms with E-state index < -0.39 is 6.04 Å². The molecule has 1 N–H and O–H groups in total. The smallest absolute Gasteiger partial charge is 0.250 e. The molecular weight excluding hydrogens is 228 g/mol. The monoisotopic (exact) mass is 246 g/mol. The van der Waals surface area contributed by atoms with Crippen LogP contribution in [0.25, 0.3) is 0 Å². The summed E-state index contributed by atoms with van der Waals surface area (Å²) in [6, 6.07) is 7.41. The van der Waals surface area contributed by atoms with Crippen LogP contribution in [0.4, 0.5) is 5.69 Å². The maximum absolute atomic E-state index is 12.2. The molecule has 1 aromatic rings. The molecule has 1 aromatic carbocycles. The first-order chi connectivity index (χ1) is 8.65. The van der Waals surface area contributed by atoms with Crippen molar-refractivity contribution in [3.8, 4) is 0 Å². The zero-order chi connectivity index (χ0) is 13.1. The maximum Gasteiger partial charge on any atom is 0.250 e. The summed E-state index contributed by atoms with van der Waals surface area (Å²) >= 11 is 0. The second-order valence-electron chi connectivity index (χ2n) is 4.48. The topological polar surface area (TPSA) is 49.4 Å². The van der Waals surface area contributed by atoms with Crippen LogP contribution in [0.3, 0.4) is 0 Å². The first-order valence-electron chi connectivity index (χ1n) is 6.35. The molecule has 0 saturated carbocycles.